The van der Waals surface area contributed by atoms with Crippen molar-refractivity contribution in [1.82, 2.24) is 0 Å². The third kappa shape index (κ3) is 3.40. The lowest BCUT2D eigenvalue weighted by atomic mass is 9.90. The lowest BCUT2D eigenvalue weighted by Crippen LogP contribution is -2.23. The molecule has 14 heavy (non-hydrogen) atoms. The second kappa shape index (κ2) is 5.92. The molecule has 0 N–H and O–H groups in total. The van der Waals surface area contributed by atoms with Crippen molar-refractivity contribution in [3.05, 3.63) is 0 Å². The summed E-state index contributed by atoms with van der Waals surface area (Å²) < 4.78 is 17.4. The fourth-order valence-electron chi connectivity index (χ4n) is 2.02. The summed E-state index contributed by atoms with van der Waals surface area (Å²) >= 11 is 0. The summed E-state index contributed by atoms with van der Waals surface area (Å²) in [7, 11) is -1.81. The average Bonchev–Trinajstić information content (AvgIpc) is 2.19. The van der Waals surface area contributed by atoms with E-state index in [9.17, 15) is 4.57 Å². The Morgan fingerprint density at radius 3 is 2.50 bits per heavy atom. The van der Waals surface area contributed by atoms with E-state index < -0.39 is 8.03 Å². The first kappa shape index (κ1) is 12.3. The molecule has 0 aromatic carbocycles. The van der Waals surface area contributed by atoms with Gasteiger partial charge in [0, 0.05) is 5.16 Å². The van der Waals surface area contributed by atoms with Crippen LogP contribution in [0, 0.1) is 0 Å². The number of rotatable bonds is 5. The van der Waals surface area contributed by atoms with Gasteiger partial charge >= 0.3 is 0 Å². The maximum atomic E-state index is 12.0. The van der Waals surface area contributed by atoms with E-state index in [0.29, 0.717) is 6.61 Å². The number of unbranched alkanes of at least 4 members (excludes halogenated alkanes) is 1. The Hall–Kier alpha value is 0.190. The highest BCUT2D eigenvalue weighted by Crippen LogP contribution is 2.49. The smallest absolute Gasteiger partial charge is 0.197 e. The van der Waals surface area contributed by atoms with Gasteiger partial charge in [-0.2, -0.15) is 0 Å². The monoisotopic (exact) mass is 218 g/mol. The molecule has 0 aliphatic heterocycles. The molecule has 1 atom stereocenters. The van der Waals surface area contributed by atoms with Gasteiger partial charge in [-0.25, -0.2) is 0 Å². The summed E-state index contributed by atoms with van der Waals surface area (Å²) in [4.78, 5) is 0. The number of hydrogen-bond donors (Lipinski definition) is 0. The zero-order valence-corrected chi connectivity index (χ0v) is 10.5. The van der Waals surface area contributed by atoms with E-state index in [4.69, 9.17) is 4.52 Å². The van der Waals surface area contributed by atoms with Crippen LogP contribution in [0.1, 0.15) is 58.8 Å². The Kier molecular flexibility index (Phi) is 5.19. The lowest BCUT2D eigenvalue weighted by molar-refractivity contribution is 0.285. The summed E-state index contributed by atoms with van der Waals surface area (Å²) in [6.45, 7) is 4.95. The molecular formula is C11H23O2P. The maximum absolute atomic E-state index is 12.0. The van der Waals surface area contributed by atoms with Gasteiger partial charge in [-0.05, 0) is 19.3 Å². The second-order valence-corrected chi connectivity index (χ2v) is 6.68. The Morgan fingerprint density at radius 1 is 1.29 bits per heavy atom. The molecule has 1 aliphatic rings. The standard InChI is InChI=1S/C11H23O2P/c1-3-4-10-13-14(12)11(2)8-6-5-7-9-11/h14H,3-10H2,1-2H3. The van der Waals surface area contributed by atoms with Crippen LogP contribution in [0.2, 0.25) is 0 Å². The van der Waals surface area contributed by atoms with Crippen molar-refractivity contribution in [2.75, 3.05) is 6.61 Å². The fraction of sp³-hybridized carbons (Fsp3) is 1.00. The normalized spacial score (nSPS) is 23.3. The molecule has 0 heterocycles. The van der Waals surface area contributed by atoms with Crippen LogP contribution in [-0.2, 0) is 9.09 Å². The molecule has 1 saturated carbocycles. The first-order valence-electron chi connectivity index (χ1n) is 5.86. The Bertz CT molecular complexity index is 186. The van der Waals surface area contributed by atoms with Crippen LogP contribution in [0.4, 0.5) is 0 Å². The zero-order valence-electron chi connectivity index (χ0n) is 9.47. The Balaban J connectivity index is 2.33. The summed E-state index contributed by atoms with van der Waals surface area (Å²) in [6, 6.07) is 0. The molecule has 0 aromatic heterocycles. The molecule has 1 aliphatic carbocycles. The molecule has 0 radical (unpaired) electrons. The first-order chi connectivity index (χ1) is 6.69. The Morgan fingerprint density at radius 2 is 1.93 bits per heavy atom. The predicted molar refractivity (Wildman–Crippen MR) is 61.4 cm³/mol. The Labute approximate surface area is 88.3 Å². The van der Waals surface area contributed by atoms with Crippen LogP contribution >= 0.6 is 8.03 Å². The van der Waals surface area contributed by atoms with Crippen molar-refractivity contribution < 1.29 is 9.09 Å². The van der Waals surface area contributed by atoms with Gasteiger partial charge in [0.2, 0.25) is 0 Å². The largest absolute Gasteiger partial charge is 0.330 e. The lowest BCUT2D eigenvalue weighted by Gasteiger charge is -2.32. The SMILES string of the molecule is CCCCO[PH](=O)C1(C)CCCCC1. The van der Waals surface area contributed by atoms with Crippen molar-refractivity contribution in [3.8, 4) is 0 Å². The molecular weight excluding hydrogens is 195 g/mol. The van der Waals surface area contributed by atoms with E-state index in [0.717, 1.165) is 25.7 Å². The van der Waals surface area contributed by atoms with Crippen molar-refractivity contribution in [3.63, 3.8) is 0 Å². The van der Waals surface area contributed by atoms with Gasteiger partial charge in [-0.3, -0.25) is 4.57 Å². The molecule has 0 bridgehead atoms. The maximum Gasteiger partial charge on any atom is 0.197 e. The third-order valence-electron chi connectivity index (χ3n) is 3.18. The fourth-order valence-corrected chi connectivity index (χ4v) is 3.46. The molecule has 3 heteroatoms. The molecule has 0 spiro atoms. The van der Waals surface area contributed by atoms with Crippen LogP contribution in [0.3, 0.4) is 0 Å². The molecule has 84 valence electrons. The molecule has 1 unspecified atom stereocenters. The van der Waals surface area contributed by atoms with Crippen molar-refractivity contribution >= 4 is 8.03 Å². The van der Waals surface area contributed by atoms with E-state index in [1.165, 1.54) is 19.3 Å². The molecule has 0 saturated heterocycles. The van der Waals surface area contributed by atoms with E-state index in [1.807, 2.05) is 0 Å². The number of hydrogen-bond acceptors (Lipinski definition) is 2. The van der Waals surface area contributed by atoms with Crippen LogP contribution < -0.4 is 0 Å². The van der Waals surface area contributed by atoms with Gasteiger partial charge in [0.15, 0.2) is 8.03 Å². The topological polar surface area (TPSA) is 26.3 Å². The highest BCUT2D eigenvalue weighted by molar-refractivity contribution is 7.41. The van der Waals surface area contributed by atoms with Crippen molar-refractivity contribution in [2.24, 2.45) is 0 Å². The highest BCUT2D eigenvalue weighted by Gasteiger charge is 2.33. The summed E-state index contributed by atoms with van der Waals surface area (Å²) in [5, 5.41) is 0.0106. The molecule has 2 nitrogen and oxygen atoms in total. The van der Waals surface area contributed by atoms with Gasteiger partial charge in [0.25, 0.3) is 0 Å². The van der Waals surface area contributed by atoms with Crippen LogP contribution in [-0.4, -0.2) is 11.8 Å². The average molecular weight is 218 g/mol. The van der Waals surface area contributed by atoms with E-state index in [1.54, 1.807) is 0 Å². The first-order valence-corrected chi connectivity index (χ1v) is 7.18. The molecule has 1 rings (SSSR count). The highest BCUT2D eigenvalue weighted by atomic mass is 31.1. The minimum atomic E-state index is -1.81. The van der Waals surface area contributed by atoms with E-state index in [-0.39, 0.29) is 5.16 Å². The predicted octanol–water partition coefficient (Wildman–Crippen LogP) is 4.00. The van der Waals surface area contributed by atoms with Gasteiger partial charge in [-0.15, -0.1) is 0 Å². The van der Waals surface area contributed by atoms with Gasteiger partial charge in [0.1, 0.15) is 0 Å². The van der Waals surface area contributed by atoms with Gasteiger partial charge in [-0.1, -0.05) is 39.5 Å². The quantitative estimate of drug-likeness (QED) is 0.515. The van der Waals surface area contributed by atoms with Crippen molar-refractivity contribution in [2.45, 2.75) is 63.9 Å². The summed E-state index contributed by atoms with van der Waals surface area (Å²) in [5.74, 6) is 0. The molecule has 0 amide bonds. The molecule has 0 aromatic rings. The third-order valence-corrected chi connectivity index (χ3v) is 5.13. The summed E-state index contributed by atoms with van der Waals surface area (Å²) in [6.07, 6.45) is 8.10. The van der Waals surface area contributed by atoms with Crippen LogP contribution in [0.25, 0.3) is 0 Å². The minimum absolute atomic E-state index is 0.0106. The summed E-state index contributed by atoms with van der Waals surface area (Å²) in [5.41, 5.74) is 0. The van der Waals surface area contributed by atoms with Crippen molar-refractivity contribution in [1.29, 1.82) is 0 Å². The van der Waals surface area contributed by atoms with E-state index >= 15 is 0 Å². The van der Waals surface area contributed by atoms with Gasteiger partial charge < -0.3 is 4.52 Å². The van der Waals surface area contributed by atoms with Crippen LogP contribution in [0.5, 0.6) is 0 Å². The molecule has 1 fully saturated rings. The second-order valence-electron chi connectivity index (χ2n) is 4.61. The van der Waals surface area contributed by atoms with Gasteiger partial charge in [0.05, 0.1) is 6.61 Å². The minimum Gasteiger partial charge on any atom is -0.330 e. The zero-order chi connectivity index (χ0) is 10.4. The van der Waals surface area contributed by atoms with E-state index in [2.05, 4.69) is 13.8 Å². The van der Waals surface area contributed by atoms with Crippen LogP contribution in [0.15, 0.2) is 0 Å².